The first-order valence-corrected chi connectivity index (χ1v) is 7.66. The maximum Gasteiger partial charge on any atom is 0.181 e. The van der Waals surface area contributed by atoms with Gasteiger partial charge in [-0.25, -0.2) is 0 Å². The van der Waals surface area contributed by atoms with Crippen LogP contribution in [-0.4, -0.2) is 17.9 Å². The average molecular weight is 298 g/mol. The molecule has 2 fully saturated rings. The van der Waals surface area contributed by atoms with Crippen LogP contribution in [0.5, 0.6) is 0 Å². The fourth-order valence-corrected chi connectivity index (χ4v) is 3.78. The van der Waals surface area contributed by atoms with E-state index in [1.807, 2.05) is 0 Å². The second-order valence-electron chi connectivity index (χ2n) is 5.59. The smallest absolute Gasteiger partial charge is 0.181 e. The van der Waals surface area contributed by atoms with E-state index >= 15 is 0 Å². The molecular weight excluding hydrogens is 281 g/mol. The van der Waals surface area contributed by atoms with Gasteiger partial charge >= 0.3 is 0 Å². The number of rotatable bonds is 2. The number of halogens is 2. The predicted octanol–water partition coefficient (Wildman–Crippen LogP) is 4.10. The summed E-state index contributed by atoms with van der Waals surface area (Å²) in [5.41, 5.74) is 0.547. The van der Waals surface area contributed by atoms with Crippen molar-refractivity contribution in [2.75, 3.05) is 0 Å². The zero-order valence-electron chi connectivity index (χ0n) is 10.7. The molecule has 0 aromatic heterocycles. The highest BCUT2D eigenvalue weighted by molar-refractivity contribution is 6.36. The Morgan fingerprint density at radius 2 is 2.00 bits per heavy atom. The Morgan fingerprint density at radius 1 is 1.21 bits per heavy atom. The van der Waals surface area contributed by atoms with E-state index in [1.165, 1.54) is 25.7 Å². The second kappa shape index (κ2) is 5.43. The van der Waals surface area contributed by atoms with Gasteiger partial charge in [0.15, 0.2) is 5.78 Å². The van der Waals surface area contributed by atoms with Gasteiger partial charge in [-0.1, -0.05) is 36.0 Å². The summed E-state index contributed by atoms with van der Waals surface area (Å²) in [6.45, 7) is 0. The third-order valence-electron chi connectivity index (χ3n) is 4.37. The molecule has 1 aromatic rings. The van der Waals surface area contributed by atoms with Gasteiger partial charge in [-0.3, -0.25) is 4.79 Å². The molecule has 3 rings (SSSR count). The van der Waals surface area contributed by atoms with Crippen molar-refractivity contribution in [3.63, 3.8) is 0 Å². The SMILES string of the molecule is O=C(c1cc(Cl)ccc1Cl)C1CC2CCCCC2N1. The van der Waals surface area contributed by atoms with E-state index in [1.54, 1.807) is 18.2 Å². The van der Waals surface area contributed by atoms with Crippen LogP contribution in [0.15, 0.2) is 18.2 Å². The summed E-state index contributed by atoms with van der Waals surface area (Å²) in [5.74, 6) is 0.738. The van der Waals surface area contributed by atoms with Crippen LogP contribution in [0.25, 0.3) is 0 Å². The molecule has 19 heavy (non-hydrogen) atoms. The average Bonchev–Trinajstić information content (AvgIpc) is 2.84. The molecule has 1 saturated carbocycles. The van der Waals surface area contributed by atoms with Crippen molar-refractivity contribution in [3.05, 3.63) is 33.8 Å². The van der Waals surface area contributed by atoms with Gasteiger partial charge in [0.25, 0.3) is 0 Å². The fraction of sp³-hybridized carbons (Fsp3) is 0.533. The Bertz CT molecular complexity index is 489. The molecule has 4 heteroatoms. The highest BCUT2D eigenvalue weighted by Gasteiger charge is 2.38. The van der Waals surface area contributed by atoms with Gasteiger partial charge in [0.05, 0.1) is 11.1 Å². The van der Waals surface area contributed by atoms with Crippen molar-refractivity contribution in [1.82, 2.24) is 5.32 Å². The van der Waals surface area contributed by atoms with Crippen molar-refractivity contribution in [1.29, 1.82) is 0 Å². The lowest BCUT2D eigenvalue weighted by Crippen LogP contribution is -2.37. The van der Waals surface area contributed by atoms with Gasteiger partial charge < -0.3 is 5.32 Å². The molecule has 2 nitrogen and oxygen atoms in total. The van der Waals surface area contributed by atoms with E-state index in [9.17, 15) is 4.79 Å². The number of Topliss-reactive ketones (excluding diaryl/α,β-unsaturated/α-hetero) is 1. The van der Waals surface area contributed by atoms with Crippen LogP contribution in [0.1, 0.15) is 42.5 Å². The number of carbonyl (C=O) groups excluding carboxylic acids is 1. The molecule has 1 aliphatic heterocycles. The van der Waals surface area contributed by atoms with E-state index in [4.69, 9.17) is 23.2 Å². The van der Waals surface area contributed by atoms with E-state index in [2.05, 4.69) is 5.32 Å². The molecule has 2 aliphatic rings. The Balaban J connectivity index is 1.79. The predicted molar refractivity (Wildman–Crippen MR) is 78.1 cm³/mol. The number of ketones is 1. The van der Waals surface area contributed by atoms with Gasteiger partial charge in [0.2, 0.25) is 0 Å². The fourth-order valence-electron chi connectivity index (χ4n) is 3.40. The maximum absolute atomic E-state index is 12.6. The van der Waals surface area contributed by atoms with Crippen LogP contribution < -0.4 is 5.32 Å². The molecule has 0 bridgehead atoms. The highest BCUT2D eigenvalue weighted by atomic mass is 35.5. The molecule has 0 radical (unpaired) electrons. The molecule has 0 amide bonds. The highest BCUT2D eigenvalue weighted by Crippen LogP contribution is 2.35. The summed E-state index contributed by atoms with van der Waals surface area (Å²) < 4.78 is 0. The molecule has 1 N–H and O–H groups in total. The molecule has 3 unspecified atom stereocenters. The molecule has 3 atom stereocenters. The Hall–Kier alpha value is -0.570. The first-order chi connectivity index (χ1) is 9.15. The first kappa shape index (κ1) is 13.4. The third-order valence-corrected chi connectivity index (χ3v) is 4.94. The normalized spacial score (nSPS) is 30.1. The first-order valence-electron chi connectivity index (χ1n) is 6.90. The summed E-state index contributed by atoms with van der Waals surface area (Å²) in [7, 11) is 0. The summed E-state index contributed by atoms with van der Waals surface area (Å²) >= 11 is 12.1. The van der Waals surface area contributed by atoms with E-state index in [0.29, 0.717) is 27.6 Å². The summed E-state index contributed by atoms with van der Waals surface area (Å²) in [6.07, 6.45) is 5.93. The number of hydrogen-bond acceptors (Lipinski definition) is 2. The summed E-state index contributed by atoms with van der Waals surface area (Å²) in [5, 5.41) is 4.54. The van der Waals surface area contributed by atoms with Gasteiger partial charge in [-0.2, -0.15) is 0 Å². The van der Waals surface area contributed by atoms with Crippen LogP contribution in [0.3, 0.4) is 0 Å². The van der Waals surface area contributed by atoms with Crippen LogP contribution in [0.4, 0.5) is 0 Å². The van der Waals surface area contributed by atoms with Gasteiger partial charge in [-0.15, -0.1) is 0 Å². The third kappa shape index (κ3) is 2.67. The molecule has 1 aromatic carbocycles. The lowest BCUT2D eigenvalue weighted by Gasteiger charge is -2.24. The van der Waals surface area contributed by atoms with Crippen molar-refractivity contribution >= 4 is 29.0 Å². The number of nitrogens with one attached hydrogen (secondary N) is 1. The van der Waals surface area contributed by atoms with E-state index in [-0.39, 0.29) is 11.8 Å². The molecular formula is C15H17Cl2NO. The molecule has 0 spiro atoms. The Labute approximate surface area is 123 Å². The lowest BCUT2D eigenvalue weighted by atomic mass is 9.84. The van der Waals surface area contributed by atoms with E-state index in [0.717, 1.165) is 6.42 Å². The molecule has 1 saturated heterocycles. The van der Waals surface area contributed by atoms with Gasteiger partial charge in [0.1, 0.15) is 0 Å². The lowest BCUT2D eigenvalue weighted by molar-refractivity contribution is 0.0949. The minimum atomic E-state index is -0.0935. The Morgan fingerprint density at radius 3 is 2.79 bits per heavy atom. The minimum Gasteiger partial charge on any atom is -0.304 e. The van der Waals surface area contributed by atoms with Crippen LogP contribution >= 0.6 is 23.2 Å². The van der Waals surface area contributed by atoms with E-state index < -0.39 is 0 Å². The zero-order valence-corrected chi connectivity index (χ0v) is 12.2. The topological polar surface area (TPSA) is 29.1 Å². The zero-order chi connectivity index (χ0) is 13.4. The number of carbonyl (C=O) groups is 1. The summed E-state index contributed by atoms with van der Waals surface area (Å²) in [4.78, 5) is 12.6. The molecule has 1 heterocycles. The van der Waals surface area contributed by atoms with Crippen molar-refractivity contribution in [2.24, 2.45) is 5.92 Å². The maximum atomic E-state index is 12.6. The molecule has 102 valence electrons. The standard InChI is InChI=1S/C15H17Cl2NO/c16-10-5-6-12(17)11(8-10)15(19)14-7-9-3-1-2-4-13(9)18-14/h5-6,8-9,13-14,18H,1-4,7H2. The molecule has 1 aliphatic carbocycles. The number of hydrogen-bond donors (Lipinski definition) is 1. The number of fused-ring (bicyclic) bond motifs is 1. The second-order valence-corrected chi connectivity index (χ2v) is 6.44. The minimum absolute atomic E-state index is 0.0851. The van der Waals surface area contributed by atoms with Crippen LogP contribution in [0, 0.1) is 5.92 Å². The monoisotopic (exact) mass is 297 g/mol. The van der Waals surface area contributed by atoms with Gasteiger partial charge in [-0.05, 0) is 43.4 Å². The summed E-state index contributed by atoms with van der Waals surface area (Å²) in [6, 6.07) is 5.50. The van der Waals surface area contributed by atoms with Gasteiger partial charge in [0, 0.05) is 16.6 Å². The van der Waals surface area contributed by atoms with Crippen molar-refractivity contribution in [3.8, 4) is 0 Å². The van der Waals surface area contributed by atoms with Crippen molar-refractivity contribution in [2.45, 2.75) is 44.2 Å². The van der Waals surface area contributed by atoms with Crippen LogP contribution in [0.2, 0.25) is 10.0 Å². The van der Waals surface area contributed by atoms with Crippen LogP contribution in [-0.2, 0) is 0 Å². The largest absolute Gasteiger partial charge is 0.304 e. The van der Waals surface area contributed by atoms with Crippen molar-refractivity contribution < 1.29 is 4.79 Å². The Kier molecular flexibility index (Phi) is 3.84. The quantitative estimate of drug-likeness (QED) is 0.833. The number of benzene rings is 1.